The van der Waals surface area contributed by atoms with E-state index in [9.17, 15) is 4.79 Å². The molecule has 0 spiro atoms. The maximum absolute atomic E-state index is 12.0. The van der Waals surface area contributed by atoms with E-state index < -0.39 is 0 Å². The van der Waals surface area contributed by atoms with E-state index in [-0.39, 0.29) is 12.3 Å². The Morgan fingerprint density at radius 2 is 2.12 bits per heavy atom. The van der Waals surface area contributed by atoms with E-state index in [1.54, 1.807) is 36.7 Å². The van der Waals surface area contributed by atoms with Gasteiger partial charge in [0.15, 0.2) is 0 Å². The molecule has 122 valence electrons. The lowest BCUT2D eigenvalue weighted by Crippen LogP contribution is -2.12. The highest BCUT2D eigenvalue weighted by Crippen LogP contribution is 2.25. The van der Waals surface area contributed by atoms with Gasteiger partial charge in [-0.2, -0.15) is 4.98 Å². The normalized spacial score (nSPS) is 10.6. The predicted octanol–water partition coefficient (Wildman–Crippen LogP) is 4.01. The molecular weight excluding hydrogens is 351 g/mol. The van der Waals surface area contributed by atoms with E-state index in [2.05, 4.69) is 20.4 Å². The molecule has 0 atom stereocenters. The molecule has 1 N–H and O–H groups in total. The molecule has 8 heteroatoms. The van der Waals surface area contributed by atoms with Crippen LogP contribution in [0.3, 0.4) is 0 Å². The molecule has 0 saturated heterocycles. The number of pyridine rings is 1. The molecule has 0 bridgehead atoms. The van der Waals surface area contributed by atoms with Crippen LogP contribution in [-0.2, 0) is 11.2 Å². The standard InChI is InChI=1S/C16H12Cl2N4O2/c17-11-3-4-13(12(18)8-11)20-14(23)5-6-15-21-16(22-24-15)10-2-1-7-19-9-10/h1-4,7-9H,5-6H2,(H,20,23). The summed E-state index contributed by atoms with van der Waals surface area (Å²) in [5.41, 5.74) is 1.26. The number of hydrogen-bond acceptors (Lipinski definition) is 5. The Morgan fingerprint density at radius 3 is 2.88 bits per heavy atom. The van der Waals surface area contributed by atoms with Crippen LogP contribution < -0.4 is 5.32 Å². The van der Waals surface area contributed by atoms with Crippen molar-refractivity contribution >= 4 is 34.8 Å². The van der Waals surface area contributed by atoms with Crippen LogP contribution in [0, 0.1) is 0 Å². The summed E-state index contributed by atoms with van der Waals surface area (Å²) in [7, 11) is 0. The van der Waals surface area contributed by atoms with Gasteiger partial charge in [0.05, 0.1) is 10.7 Å². The van der Waals surface area contributed by atoms with Crippen LogP contribution in [0.25, 0.3) is 11.4 Å². The molecule has 0 aliphatic carbocycles. The number of halogens is 2. The van der Waals surface area contributed by atoms with E-state index >= 15 is 0 Å². The Labute approximate surface area is 147 Å². The highest BCUT2D eigenvalue weighted by Gasteiger charge is 2.12. The zero-order chi connectivity index (χ0) is 16.9. The average molecular weight is 363 g/mol. The number of nitrogens with one attached hydrogen (secondary N) is 1. The summed E-state index contributed by atoms with van der Waals surface area (Å²) in [6.07, 6.45) is 3.82. The summed E-state index contributed by atoms with van der Waals surface area (Å²) in [6.45, 7) is 0. The SMILES string of the molecule is O=C(CCc1nc(-c2cccnc2)no1)Nc1ccc(Cl)cc1Cl. The lowest BCUT2D eigenvalue weighted by Gasteiger charge is -2.06. The van der Waals surface area contributed by atoms with Gasteiger partial charge in [0.2, 0.25) is 17.6 Å². The third-order valence-electron chi connectivity index (χ3n) is 3.16. The van der Waals surface area contributed by atoms with Crippen molar-refractivity contribution in [2.75, 3.05) is 5.32 Å². The molecule has 3 rings (SSSR count). The molecule has 3 aromatic rings. The van der Waals surface area contributed by atoms with Crippen LogP contribution in [0.5, 0.6) is 0 Å². The van der Waals surface area contributed by atoms with E-state index in [4.69, 9.17) is 27.7 Å². The van der Waals surface area contributed by atoms with Crippen LogP contribution in [0.4, 0.5) is 5.69 Å². The summed E-state index contributed by atoms with van der Waals surface area (Å²) in [6, 6.07) is 8.49. The van der Waals surface area contributed by atoms with E-state index in [1.165, 1.54) is 0 Å². The first-order chi connectivity index (χ1) is 11.6. The second-order valence-electron chi connectivity index (χ2n) is 4.93. The number of benzene rings is 1. The second kappa shape index (κ2) is 7.42. The van der Waals surface area contributed by atoms with Crippen LogP contribution in [0.2, 0.25) is 10.0 Å². The largest absolute Gasteiger partial charge is 0.339 e. The Morgan fingerprint density at radius 1 is 1.25 bits per heavy atom. The number of carbonyl (C=O) groups excluding carboxylic acids is 1. The molecule has 0 aliphatic rings. The fourth-order valence-corrected chi connectivity index (χ4v) is 2.45. The predicted molar refractivity (Wildman–Crippen MR) is 90.9 cm³/mol. The zero-order valence-corrected chi connectivity index (χ0v) is 13.9. The Bertz CT molecular complexity index is 852. The monoisotopic (exact) mass is 362 g/mol. The second-order valence-corrected chi connectivity index (χ2v) is 5.77. The maximum Gasteiger partial charge on any atom is 0.227 e. The van der Waals surface area contributed by atoms with E-state index in [0.717, 1.165) is 5.56 Å². The van der Waals surface area contributed by atoms with Crippen LogP contribution in [0.1, 0.15) is 12.3 Å². The topological polar surface area (TPSA) is 80.9 Å². The fourth-order valence-electron chi connectivity index (χ4n) is 1.99. The lowest BCUT2D eigenvalue weighted by molar-refractivity contribution is -0.116. The molecule has 1 amide bonds. The minimum Gasteiger partial charge on any atom is -0.339 e. The van der Waals surface area contributed by atoms with Crippen molar-refractivity contribution in [3.05, 3.63) is 58.7 Å². The number of amides is 1. The van der Waals surface area contributed by atoms with Crippen LogP contribution >= 0.6 is 23.2 Å². The first kappa shape index (κ1) is 16.4. The molecule has 0 radical (unpaired) electrons. The van der Waals surface area contributed by atoms with Gasteiger partial charge in [0, 0.05) is 35.8 Å². The Hall–Kier alpha value is -2.44. The maximum atomic E-state index is 12.0. The first-order valence-corrected chi connectivity index (χ1v) is 7.85. The summed E-state index contributed by atoms with van der Waals surface area (Å²) >= 11 is 11.8. The van der Waals surface area contributed by atoms with Gasteiger partial charge < -0.3 is 9.84 Å². The fraction of sp³-hybridized carbons (Fsp3) is 0.125. The number of anilines is 1. The van der Waals surface area contributed by atoms with Gasteiger partial charge in [0.25, 0.3) is 0 Å². The molecule has 0 unspecified atom stereocenters. The number of aryl methyl sites for hydroxylation is 1. The summed E-state index contributed by atoms with van der Waals surface area (Å²) in [5.74, 6) is 0.616. The zero-order valence-electron chi connectivity index (χ0n) is 12.4. The average Bonchev–Trinajstić information content (AvgIpc) is 3.05. The third-order valence-corrected chi connectivity index (χ3v) is 3.71. The third kappa shape index (κ3) is 4.10. The highest BCUT2D eigenvalue weighted by atomic mass is 35.5. The highest BCUT2D eigenvalue weighted by molar-refractivity contribution is 6.36. The van der Waals surface area contributed by atoms with E-state index in [1.807, 2.05) is 6.07 Å². The molecule has 24 heavy (non-hydrogen) atoms. The molecule has 2 heterocycles. The van der Waals surface area contributed by atoms with Gasteiger partial charge in [-0.15, -0.1) is 0 Å². The van der Waals surface area contributed by atoms with Crippen LogP contribution in [0.15, 0.2) is 47.2 Å². The lowest BCUT2D eigenvalue weighted by atomic mass is 10.2. The van der Waals surface area contributed by atoms with Crippen molar-refractivity contribution in [3.63, 3.8) is 0 Å². The van der Waals surface area contributed by atoms with Gasteiger partial charge >= 0.3 is 0 Å². The summed E-state index contributed by atoms with van der Waals surface area (Å²) < 4.78 is 5.15. The smallest absolute Gasteiger partial charge is 0.227 e. The molecule has 6 nitrogen and oxygen atoms in total. The quantitative estimate of drug-likeness (QED) is 0.741. The van der Waals surface area contributed by atoms with Gasteiger partial charge in [-0.1, -0.05) is 28.4 Å². The molecule has 2 aromatic heterocycles. The van der Waals surface area contributed by atoms with Crippen molar-refractivity contribution < 1.29 is 9.32 Å². The van der Waals surface area contributed by atoms with Gasteiger partial charge in [0.1, 0.15) is 0 Å². The van der Waals surface area contributed by atoms with Crippen molar-refractivity contribution in [2.45, 2.75) is 12.8 Å². The number of hydrogen-bond donors (Lipinski definition) is 1. The minimum absolute atomic E-state index is 0.188. The molecular formula is C16H12Cl2N4O2. The number of rotatable bonds is 5. The molecule has 0 fully saturated rings. The van der Waals surface area contributed by atoms with Crippen molar-refractivity contribution in [1.29, 1.82) is 0 Å². The van der Waals surface area contributed by atoms with Crippen molar-refractivity contribution in [2.24, 2.45) is 0 Å². The van der Waals surface area contributed by atoms with Gasteiger partial charge in [-0.25, -0.2) is 0 Å². The van der Waals surface area contributed by atoms with Crippen LogP contribution in [-0.4, -0.2) is 21.0 Å². The van der Waals surface area contributed by atoms with Gasteiger partial charge in [-0.3, -0.25) is 9.78 Å². The number of nitrogens with zero attached hydrogens (tertiary/aromatic N) is 3. The number of aromatic nitrogens is 3. The van der Waals surface area contributed by atoms with E-state index in [0.29, 0.717) is 33.9 Å². The molecule has 0 aliphatic heterocycles. The number of carbonyl (C=O) groups is 1. The summed E-state index contributed by atoms with van der Waals surface area (Å²) in [5, 5.41) is 7.48. The summed E-state index contributed by atoms with van der Waals surface area (Å²) in [4.78, 5) is 20.2. The molecule has 1 aromatic carbocycles. The minimum atomic E-state index is -0.208. The first-order valence-electron chi connectivity index (χ1n) is 7.10. The van der Waals surface area contributed by atoms with Crippen molar-refractivity contribution in [3.8, 4) is 11.4 Å². The van der Waals surface area contributed by atoms with Crippen molar-refractivity contribution in [1.82, 2.24) is 15.1 Å². The Kier molecular flexibility index (Phi) is 5.08. The van der Waals surface area contributed by atoms with Gasteiger partial charge in [-0.05, 0) is 30.3 Å². The molecule has 0 saturated carbocycles. The Balaban J connectivity index is 1.58.